The standard InChI is InChI=1S/C18H27N3O4S2/c1-5-6-15(16-19-9-12-26-16)20-13(2)21-17(22)18(3,4)27(23,24)14-7-10-25-11-8-14/h6,9,12,14,20H,2,5,7-8,10-11H2,1,3-4H3,(H,21,22)/b15-6+. The summed E-state index contributed by atoms with van der Waals surface area (Å²) in [7, 11) is -3.67. The van der Waals surface area contributed by atoms with Crippen molar-refractivity contribution in [1.82, 2.24) is 15.6 Å². The van der Waals surface area contributed by atoms with Crippen molar-refractivity contribution in [2.45, 2.75) is 50.0 Å². The van der Waals surface area contributed by atoms with Crippen molar-refractivity contribution in [2.24, 2.45) is 0 Å². The molecule has 0 atom stereocenters. The number of rotatable bonds is 8. The minimum absolute atomic E-state index is 0.213. The Morgan fingerprint density at radius 1 is 1.41 bits per heavy atom. The van der Waals surface area contributed by atoms with Gasteiger partial charge in [0, 0.05) is 24.8 Å². The number of carbonyl (C=O) groups excluding carboxylic acids is 1. The maximum Gasteiger partial charge on any atom is 0.246 e. The van der Waals surface area contributed by atoms with Crippen molar-refractivity contribution in [3.8, 4) is 0 Å². The second-order valence-electron chi connectivity index (χ2n) is 6.79. The Hall–Kier alpha value is -1.71. The highest BCUT2D eigenvalue weighted by molar-refractivity contribution is 7.94. The maximum absolute atomic E-state index is 13.0. The number of hydrogen-bond donors (Lipinski definition) is 2. The van der Waals surface area contributed by atoms with Crippen LogP contribution in [0.15, 0.2) is 30.1 Å². The van der Waals surface area contributed by atoms with Crippen molar-refractivity contribution < 1.29 is 17.9 Å². The van der Waals surface area contributed by atoms with E-state index in [1.54, 1.807) is 6.20 Å². The SMILES string of the molecule is C=C(NC(=O)C(C)(C)S(=O)(=O)C1CCOCC1)N/C(=C/CC)c1nccs1. The molecule has 2 heterocycles. The van der Waals surface area contributed by atoms with Crippen molar-refractivity contribution in [2.75, 3.05) is 13.2 Å². The molecule has 1 amide bonds. The van der Waals surface area contributed by atoms with E-state index in [4.69, 9.17) is 4.74 Å². The first-order chi connectivity index (χ1) is 12.7. The van der Waals surface area contributed by atoms with Crippen LogP contribution in [0.4, 0.5) is 0 Å². The lowest BCUT2D eigenvalue weighted by Crippen LogP contribution is -2.52. The molecule has 7 nitrogen and oxygen atoms in total. The van der Waals surface area contributed by atoms with Crippen LogP contribution in [-0.2, 0) is 19.4 Å². The lowest BCUT2D eigenvalue weighted by atomic mass is 10.2. The number of ether oxygens (including phenoxy) is 1. The quantitative estimate of drug-likeness (QED) is 0.679. The van der Waals surface area contributed by atoms with Crippen molar-refractivity contribution in [3.05, 3.63) is 35.1 Å². The Bertz CT molecular complexity index is 793. The number of nitrogens with one attached hydrogen (secondary N) is 2. The van der Waals surface area contributed by atoms with Crippen molar-refractivity contribution in [1.29, 1.82) is 0 Å². The minimum atomic E-state index is -3.67. The smallest absolute Gasteiger partial charge is 0.246 e. The molecule has 0 radical (unpaired) electrons. The first-order valence-corrected chi connectivity index (χ1v) is 11.3. The fraction of sp³-hybridized carbons (Fsp3) is 0.556. The molecule has 0 unspecified atom stereocenters. The van der Waals surface area contributed by atoms with Crippen LogP contribution in [0.1, 0.15) is 45.0 Å². The lowest BCUT2D eigenvalue weighted by Gasteiger charge is -2.31. The molecule has 1 fully saturated rings. The summed E-state index contributed by atoms with van der Waals surface area (Å²) in [5.41, 5.74) is 0.725. The number of carbonyl (C=O) groups is 1. The van der Waals surface area contributed by atoms with Gasteiger partial charge in [0.1, 0.15) is 15.6 Å². The van der Waals surface area contributed by atoms with E-state index in [-0.39, 0.29) is 5.82 Å². The molecular weight excluding hydrogens is 386 g/mol. The second-order valence-corrected chi connectivity index (χ2v) is 10.5. The largest absolute Gasteiger partial charge is 0.381 e. The van der Waals surface area contributed by atoms with Gasteiger partial charge in [-0.1, -0.05) is 19.6 Å². The van der Waals surface area contributed by atoms with E-state index >= 15 is 0 Å². The molecule has 0 aliphatic carbocycles. The third-order valence-electron chi connectivity index (χ3n) is 4.49. The average Bonchev–Trinajstić information content (AvgIpc) is 3.16. The van der Waals surface area contributed by atoms with E-state index in [9.17, 15) is 13.2 Å². The zero-order valence-corrected chi connectivity index (χ0v) is 17.6. The van der Waals surface area contributed by atoms with Gasteiger partial charge in [0.2, 0.25) is 5.91 Å². The number of aromatic nitrogens is 1. The van der Waals surface area contributed by atoms with E-state index in [0.29, 0.717) is 26.1 Å². The number of amides is 1. The molecule has 0 aromatic carbocycles. The molecule has 2 N–H and O–H groups in total. The van der Waals surface area contributed by atoms with Crippen LogP contribution in [0.2, 0.25) is 0 Å². The Morgan fingerprint density at radius 2 is 2.07 bits per heavy atom. The molecular formula is C18H27N3O4S2. The summed E-state index contributed by atoms with van der Waals surface area (Å²) in [4.78, 5) is 17.0. The zero-order valence-electron chi connectivity index (χ0n) is 15.9. The van der Waals surface area contributed by atoms with Gasteiger partial charge in [0.25, 0.3) is 0 Å². The van der Waals surface area contributed by atoms with Crippen molar-refractivity contribution in [3.63, 3.8) is 0 Å². The van der Waals surface area contributed by atoms with Gasteiger partial charge >= 0.3 is 0 Å². The van der Waals surface area contributed by atoms with Crippen LogP contribution in [0.25, 0.3) is 5.70 Å². The van der Waals surface area contributed by atoms with E-state index in [2.05, 4.69) is 22.2 Å². The van der Waals surface area contributed by atoms with E-state index in [1.807, 2.05) is 18.4 Å². The summed E-state index contributed by atoms with van der Waals surface area (Å²) < 4.78 is 29.6. The fourth-order valence-electron chi connectivity index (χ4n) is 2.77. The number of sulfone groups is 1. The number of allylic oxidation sites excluding steroid dienone is 1. The van der Waals surface area contributed by atoms with Gasteiger partial charge in [-0.05, 0) is 33.1 Å². The summed E-state index contributed by atoms with van der Waals surface area (Å²) in [5.74, 6) is -0.397. The molecule has 2 rings (SSSR count). The van der Waals surface area contributed by atoms with Gasteiger partial charge in [-0.25, -0.2) is 13.4 Å². The number of thiazole rings is 1. The zero-order chi connectivity index (χ0) is 20.1. The number of hydrogen-bond acceptors (Lipinski definition) is 7. The predicted octanol–water partition coefficient (Wildman–Crippen LogP) is 2.44. The van der Waals surface area contributed by atoms with Crippen LogP contribution in [0.3, 0.4) is 0 Å². The topological polar surface area (TPSA) is 97.4 Å². The average molecular weight is 414 g/mol. The van der Waals surface area contributed by atoms with Gasteiger partial charge in [-0.15, -0.1) is 11.3 Å². The van der Waals surface area contributed by atoms with Crippen LogP contribution in [0.5, 0.6) is 0 Å². The van der Waals surface area contributed by atoms with Gasteiger partial charge in [-0.2, -0.15) is 0 Å². The van der Waals surface area contributed by atoms with Gasteiger partial charge in [0.05, 0.1) is 10.9 Å². The molecule has 0 saturated carbocycles. The molecule has 0 bridgehead atoms. The molecule has 150 valence electrons. The highest BCUT2D eigenvalue weighted by Crippen LogP contribution is 2.28. The lowest BCUT2D eigenvalue weighted by molar-refractivity contribution is -0.122. The molecule has 0 spiro atoms. The van der Waals surface area contributed by atoms with E-state index in [1.165, 1.54) is 25.2 Å². The van der Waals surface area contributed by atoms with Gasteiger partial charge in [0.15, 0.2) is 9.84 Å². The first-order valence-electron chi connectivity index (χ1n) is 8.88. The summed E-state index contributed by atoms with van der Waals surface area (Å²) >= 11 is 1.46. The molecule has 1 aromatic heterocycles. The fourth-order valence-corrected chi connectivity index (χ4v) is 5.36. The van der Waals surface area contributed by atoms with Crippen LogP contribution in [-0.4, -0.2) is 42.5 Å². The minimum Gasteiger partial charge on any atom is -0.381 e. The first kappa shape index (κ1) is 21.6. The Balaban J connectivity index is 2.08. The maximum atomic E-state index is 13.0. The number of nitrogens with zero attached hydrogens (tertiary/aromatic N) is 1. The predicted molar refractivity (Wildman–Crippen MR) is 108 cm³/mol. The molecule has 1 saturated heterocycles. The monoisotopic (exact) mass is 413 g/mol. The molecule has 1 aliphatic heterocycles. The Labute approximate surface area is 164 Å². The van der Waals surface area contributed by atoms with E-state index < -0.39 is 25.7 Å². The molecule has 1 aliphatic rings. The van der Waals surface area contributed by atoms with Crippen LogP contribution < -0.4 is 10.6 Å². The van der Waals surface area contributed by atoms with Gasteiger partial charge in [-0.3, -0.25) is 4.79 Å². The van der Waals surface area contributed by atoms with Crippen LogP contribution in [0, 0.1) is 0 Å². The molecule has 9 heteroatoms. The highest BCUT2D eigenvalue weighted by Gasteiger charge is 2.46. The summed E-state index contributed by atoms with van der Waals surface area (Å²) in [6.45, 7) is 9.46. The second kappa shape index (κ2) is 8.99. The van der Waals surface area contributed by atoms with E-state index in [0.717, 1.165) is 17.1 Å². The van der Waals surface area contributed by atoms with Gasteiger partial charge < -0.3 is 15.4 Å². The molecule has 27 heavy (non-hydrogen) atoms. The molecule has 1 aromatic rings. The third-order valence-corrected chi connectivity index (χ3v) is 8.25. The summed E-state index contributed by atoms with van der Waals surface area (Å²) in [6, 6.07) is 0. The normalized spacial score (nSPS) is 16.8. The van der Waals surface area contributed by atoms with Crippen molar-refractivity contribution >= 4 is 32.8 Å². The highest BCUT2D eigenvalue weighted by atomic mass is 32.2. The summed E-state index contributed by atoms with van der Waals surface area (Å²) in [6.07, 6.45) is 5.21. The third kappa shape index (κ3) is 4.97. The Kier molecular flexibility index (Phi) is 7.19. The Morgan fingerprint density at radius 3 is 2.63 bits per heavy atom. The summed E-state index contributed by atoms with van der Waals surface area (Å²) in [5, 5.41) is 7.67. The van der Waals surface area contributed by atoms with Crippen LogP contribution >= 0.6 is 11.3 Å².